The average molecular weight is 854 g/mol. The lowest BCUT2D eigenvalue weighted by Crippen LogP contribution is -2.38. The van der Waals surface area contributed by atoms with Crippen LogP contribution in [-0.4, -0.2) is 11.8 Å². The first-order valence-electron chi connectivity index (χ1n) is 23.8. The third-order valence-corrected chi connectivity index (χ3v) is 15.7. The Morgan fingerprint density at radius 3 is 1.94 bits per heavy atom. The summed E-state index contributed by atoms with van der Waals surface area (Å²) < 4.78 is 9.23. The van der Waals surface area contributed by atoms with Crippen LogP contribution in [0.3, 0.4) is 0 Å². The van der Waals surface area contributed by atoms with Crippen LogP contribution in [0, 0.1) is 0 Å². The van der Waals surface area contributed by atoms with E-state index in [-0.39, 0.29) is 21.7 Å². The van der Waals surface area contributed by atoms with Crippen molar-refractivity contribution < 1.29 is 4.42 Å². The van der Waals surface area contributed by atoms with Gasteiger partial charge in [-0.25, -0.2) is 0 Å². The minimum atomic E-state index is -0.317. The zero-order valence-electron chi connectivity index (χ0n) is 39.7. The first-order valence-corrected chi connectivity index (χ1v) is 23.8. The molecule has 0 amide bonds. The summed E-state index contributed by atoms with van der Waals surface area (Å²) in [4.78, 5) is 0. The van der Waals surface area contributed by atoms with Gasteiger partial charge in [-0.2, -0.15) is 0 Å². The number of nitrogens with one attached hydrogen (secondary N) is 1. The maximum Gasteiger partial charge on any atom is 0.197 e. The highest BCUT2D eigenvalue weighted by atomic mass is 16.3. The number of anilines is 2. The van der Waals surface area contributed by atoms with Crippen LogP contribution >= 0.6 is 0 Å². The molecule has 0 unspecified atom stereocenters. The molecule has 3 aliphatic rings. The number of aromatic nitrogens is 1. The second kappa shape index (κ2) is 13.0. The third kappa shape index (κ3) is 5.27. The van der Waals surface area contributed by atoms with Gasteiger partial charge in [-0.3, -0.25) is 0 Å². The van der Waals surface area contributed by atoms with Crippen molar-refractivity contribution in [2.24, 2.45) is 0 Å². The first kappa shape index (κ1) is 39.6. The quantitative estimate of drug-likeness (QED) is 0.180. The molecule has 13 rings (SSSR count). The van der Waals surface area contributed by atoms with E-state index in [1.54, 1.807) is 0 Å². The number of nitrogens with zero attached hydrogens (tertiary/aromatic N) is 1. The molecule has 2 aliphatic carbocycles. The van der Waals surface area contributed by atoms with Gasteiger partial charge in [0.25, 0.3) is 0 Å². The summed E-state index contributed by atoms with van der Waals surface area (Å²) in [5.74, 6) is 0. The van der Waals surface area contributed by atoms with Crippen LogP contribution in [0.25, 0.3) is 82.8 Å². The van der Waals surface area contributed by atoms with Gasteiger partial charge < -0.3 is 14.3 Å². The number of para-hydroxylation sites is 1. The molecule has 66 heavy (non-hydrogen) atoms. The van der Waals surface area contributed by atoms with Crippen molar-refractivity contribution in [1.82, 2.24) is 4.57 Å². The molecule has 3 heterocycles. The summed E-state index contributed by atoms with van der Waals surface area (Å²) in [5, 5.41) is 8.99. The average Bonchev–Trinajstić information content (AvgIpc) is 3.96. The minimum Gasteiger partial charge on any atom is -0.456 e. The molecule has 0 atom stereocenters. The van der Waals surface area contributed by atoms with Gasteiger partial charge >= 0.3 is 0 Å². The molecule has 1 radical (unpaired) electrons. The fraction of sp³-hybridized carbons (Fsp3) is 0.226. The van der Waals surface area contributed by atoms with Crippen molar-refractivity contribution in [2.45, 2.75) is 90.9 Å². The molecule has 0 saturated carbocycles. The fourth-order valence-electron chi connectivity index (χ4n) is 12.2. The van der Waals surface area contributed by atoms with Crippen LogP contribution in [0.2, 0.25) is 0 Å². The van der Waals surface area contributed by atoms with E-state index in [1.165, 1.54) is 99.5 Å². The van der Waals surface area contributed by atoms with E-state index >= 15 is 0 Å². The van der Waals surface area contributed by atoms with E-state index in [0.717, 1.165) is 39.0 Å². The van der Waals surface area contributed by atoms with E-state index in [0.29, 0.717) is 0 Å². The highest BCUT2D eigenvalue weighted by molar-refractivity contribution is 6.74. The van der Waals surface area contributed by atoms with Gasteiger partial charge in [0.2, 0.25) is 0 Å². The Balaban J connectivity index is 1.21. The van der Waals surface area contributed by atoms with Crippen LogP contribution < -0.4 is 16.2 Å². The number of hydrogen-bond acceptors (Lipinski definition) is 2. The smallest absolute Gasteiger partial charge is 0.197 e. The Kier molecular flexibility index (Phi) is 7.78. The number of rotatable bonds is 3. The highest BCUT2D eigenvalue weighted by Crippen LogP contribution is 2.59. The van der Waals surface area contributed by atoms with Crippen LogP contribution in [0.15, 0.2) is 144 Å². The first-order chi connectivity index (χ1) is 31.5. The van der Waals surface area contributed by atoms with Crippen LogP contribution in [0.4, 0.5) is 11.4 Å². The van der Waals surface area contributed by atoms with Gasteiger partial charge in [-0.15, -0.1) is 0 Å². The van der Waals surface area contributed by atoms with Gasteiger partial charge in [-0.05, 0) is 120 Å². The topological polar surface area (TPSA) is 30.1 Å². The minimum absolute atomic E-state index is 0.0312. The molecule has 0 fully saturated rings. The zero-order chi connectivity index (χ0) is 45.4. The van der Waals surface area contributed by atoms with Crippen molar-refractivity contribution in [3.05, 3.63) is 173 Å². The van der Waals surface area contributed by atoms with Crippen molar-refractivity contribution in [3.63, 3.8) is 0 Å². The zero-order valence-corrected chi connectivity index (χ0v) is 39.7. The second-order valence-corrected chi connectivity index (χ2v) is 22.5. The van der Waals surface area contributed by atoms with Gasteiger partial charge in [0.05, 0.1) is 5.52 Å². The summed E-state index contributed by atoms with van der Waals surface area (Å²) in [6.45, 7) is 23.6. The molecule has 0 spiro atoms. The maximum absolute atomic E-state index is 6.65. The summed E-state index contributed by atoms with van der Waals surface area (Å²) >= 11 is 0. The number of furan rings is 1. The summed E-state index contributed by atoms with van der Waals surface area (Å²) in [5.41, 5.74) is 25.6. The lowest BCUT2D eigenvalue weighted by atomic mass is 9.57. The standard InChI is InChI=1S/C62H54BN2O/c1-59(2,3)34-23-26-36(27-24-34)64-48-32-46-40(37-17-11-14-20-44(37)61(46,7)8)30-42(48)55-56-53(39-19-12-15-21-45(39)62(56,9)10)54-43-29-35(60(4,5)6)25-28-49(43)65-50-33-52-41(31-47(50)63-57(55)58(54)65)38-18-13-16-22-51(38)66-52/h11-33,64H,1-10H3. The van der Waals surface area contributed by atoms with Crippen molar-refractivity contribution in [2.75, 3.05) is 5.32 Å². The predicted octanol–water partition coefficient (Wildman–Crippen LogP) is 15.3. The third-order valence-electron chi connectivity index (χ3n) is 15.7. The Labute approximate surface area is 388 Å². The van der Waals surface area contributed by atoms with E-state index in [1.807, 2.05) is 0 Å². The summed E-state index contributed by atoms with van der Waals surface area (Å²) in [6, 6.07) is 52.8. The number of hydrogen-bond donors (Lipinski definition) is 1. The van der Waals surface area contributed by atoms with Crippen molar-refractivity contribution in [3.8, 4) is 39.1 Å². The Morgan fingerprint density at radius 2 is 1.20 bits per heavy atom. The van der Waals surface area contributed by atoms with Gasteiger partial charge in [0, 0.05) is 66.6 Å². The largest absolute Gasteiger partial charge is 0.456 e. The van der Waals surface area contributed by atoms with E-state index in [2.05, 4.69) is 226 Å². The molecular weight excluding hydrogens is 800 g/mol. The Morgan fingerprint density at radius 1 is 0.530 bits per heavy atom. The second-order valence-electron chi connectivity index (χ2n) is 22.5. The molecule has 1 N–H and O–H groups in total. The normalized spacial score (nSPS) is 15.2. The van der Waals surface area contributed by atoms with Gasteiger partial charge in [0.15, 0.2) is 7.28 Å². The van der Waals surface area contributed by atoms with E-state index in [9.17, 15) is 0 Å². The lowest BCUT2D eigenvalue weighted by Gasteiger charge is -2.31. The van der Waals surface area contributed by atoms with E-state index < -0.39 is 0 Å². The van der Waals surface area contributed by atoms with Crippen molar-refractivity contribution in [1.29, 1.82) is 0 Å². The van der Waals surface area contributed by atoms with E-state index in [4.69, 9.17) is 4.42 Å². The number of fused-ring (bicyclic) bond motifs is 15. The highest BCUT2D eigenvalue weighted by Gasteiger charge is 2.44. The Hall–Kier alpha value is -6.78. The number of benzene rings is 8. The summed E-state index contributed by atoms with van der Waals surface area (Å²) in [6.07, 6.45) is 0. The van der Waals surface area contributed by atoms with Crippen LogP contribution in [0.1, 0.15) is 103 Å². The molecule has 10 aromatic rings. The molecule has 0 bridgehead atoms. The molecular formula is C62H54BN2O. The molecule has 1 aliphatic heterocycles. The SMILES string of the molecule is CC(C)(C)c1ccc(Nc2cc3c(cc2-c2c4c(c5c6cc(C(C)(C)C)ccc6n6c5c2[B]c2cc5c(cc2-6)oc2ccccc25)-c2ccccc2C4(C)C)-c2ccccc2C3(C)C)cc1. The van der Waals surface area contributed by atoms with Gasteiger partial charge in [-0.1, -0.05) is 166 Å². The van der Waals surface area contributed by atoms with Crippen LogP contribution in [-0.2, 0) is 21.7 Å². The molecule has 3 nitrogen and oxygen atoms in total. The van der Waals surface area contributed by atoms with Crippen LogP contribution in [0.5, 0.6) is 0 Å². The molecule has 8 aromatic carbocycles. The van der Waals surface area contributed by atoms with Gasteiger partial charge in [0.1, 0.15) is 11.2 Å². The summed E-state index contributed by atoms with van der Waals surface area (Å²) in [7, 11) is 2.52. The predicted molar refractivity (Wildman–Crippen MR) is 281 cm³/mol. The maximum atomic E-state index is 6.65. The monoisotopic (exact) mass is 853 g/mol. The van der Waals surface area contributed by atoms with Crippen molar-refractivity contribution >= 4 is 73.3 Å². The lowest BCUT2D eigenvalue weighted by molar-refractivity contribution is 0.590. The molecule has 0 saturated heterocycles. The molecule has 2 aromatic heterocycles. The Bertz CT molecular complexity index is 3770. The molecule has 4 heteroatoms. The molecule has 321 valence electrons. The fourth-order valence-corrected chi connectivity index (χ4v) is 12.2.